The van der Waals surface area contributed by atoms with Crippen LogP contribution in [0.4, 0.5) is 11.4 Å². The smallest absolute Gasteiger partial charge is 0.135 e. The van der Waals surface area contributed by atoms with Crippen LogP contribution in [0.1, 0.15) is 28.7 Å². The minimum absolute atomic E-state index is 0.318. The molecule has 3 aliphatic rings. The van der Waals surface area contributed by atoms with E-state index in [1.807, 2.05) is 12.1 Å². The fraction of sp³-hybridized carbons (Fsp3) is 0.0400. The third-order valence-corrected chi connectivity index (χ3v) is 11.4. The molecule has 0 radical (unpaired) electrons. The topological polar surface area (TPSA) is 16.4 Å². The number of rotatable bonds is 4. The number of fused-ring (bicyclic) bond motifs is 12. The van der Waals surface area contributed by atoms with Crippen molar-refractivity contribution < 1.29 is 4.42 Å². The van der Waals surface area contributed by atoms with Crippen molar-refractivity contribution >= 4 is 38.9 Å². The van der Waals surface area contributed by atoms with E-state index in [9.17, 15) is 0 Å². The Labute approximate surface area is 302 Å². The number of hydrogen-bond acceptors (Lipinski definition) is 2. The van der Waals surface area contributed by atoms with E-state index in [-0.39, 0.29) is 5.41 Å². The predicted octanol–water partition coefficient (Wildman–Crippen LogP) is 13.0. The highest BCUT2D eigenvalue weighted by Crippen LogP contribution is 2.63. The number of anilines is 2. The highest BCUT2D eigenvalue weighted by Gasteiger charge is 2.52. The largest absolute Gasteiger partial charge is 0.456 e. The van der Waals surface area contributed by atoms with Crippen molar-refractivity contribution in [2.45, 2.75) is 11.8 Å². The SMILES string of the molecule is C1=C/C(=C\N(c2ccc(-c3ccccc3)cc2)c2ccc3oc4ccccc4c3c2)CC2=C1C1(c3ccccc32)c2ccccc2-c2ccccc21. The first kappa shape index (κ1) is 29.1. The van der Waals surface area contributed by atoms with Gasteiger partial charge in [-0.05, 0) is 104 Å². The lowest BCUT2D eigenvalue weighted by Crippen LogP contribution is -2.27. The molecular formula is C50H33NO. The van der Waals surface area contributed by atoms with E-state index >= 15 is 0 Å². The Morgan fingerprint density at radius 2 is 1.06 bits per heavy atom. The lowest BCUT2D eigenvalue weighted by atomic mass is 9.69. The molecule has 1 aromatic heterocycles. The second-order valence-corrected chi connectivity index (χ2v) is 14.1. The molecule has 0 atom stereocenters. The van der Waals surface area contributed by atoms with Gasteiger partial charge in [0.15, 0.2) is 0 Å². The molecule has 0 N–H and O–H groups in total. The summed E-state index contributed by atoms with van der Waals surface area (Å²) in [6.07, 6.45) is 7.94. The molecule has 8 aromatic rings. The molecule has 0 aliphatic heterocycles. The summed E-state index contributed by atoms with van der Waals surface area (Å²) in [5, 5.41) is 2.25. The zero-order valence-corrected chi connectivity index (χ0v) is 28.5. The summed E-state index contributed by atoms with van der Waals surface area (Å²) >= 11 is 0. The monoisotopic (exact) mass is 663 g/mol. The highest BCUT2D eigenvalue weighted by atomic mass is 16.3. The Balaban J connectivity index is 1.07. The quantitative estimate of drug-likeness (QED) is 0.186. The molecule has 2 nitrogen and oxygen atoms in total. The van der Waals surface area contributed by atoms with Gasteiger partial charge in [0.1, 0.15) is 11.2 Å². The summed E-state index contributed by atoms with van der Waals surface area (Å²) in [7, 11) is 0. The minimum atomic E-state index is -0.318. The summed E-state index contributed by atoms with van der Waals surface area (Å²) in [4.78, 5) is 2.35. The molecule has 0 unspecified atom stereocenters. The van der Waals surface area contributed by atoms with Crippen LogP contribution in [-0.2, 0) is 5.41 Å². The molecule has 11 rings (SSSR count). The van der Waals surface area contributed by atoms with Crippen LogP contribution in [0.2, 0.25) is 0 Å². The van der Waals surface area contributed by atoms with Crippen LogP contribution in [0.3, 0.4) is 0 Å². The van der Waals surface area contributed by atoms with Crippen molar-refractivity contribution in [3.05, 3.63) is 222 Å². The first-order chi connectivity index (χ1) is 25.8. The zero-order valence-electron chi connectivity index (χ0n) is 28.5. The van der Waals surface area contributed by atoms with Gasteiger partial charge in [-0.1, -0.05) is 146 Å². The summed E-state index contributed by atoms with van der Waals surface area (Å²) in [6.45, 7) is 0. The van der Waals surface area contributed by atoms with Crippen LogP contribution in [0.15, 0.2) is 204 Å². The molecule has 0 amide bonds. The summed E-state index contributed by atoms with van der Waals surface area (Å²) < 4.78 is 6.23. The van der Waals surface area contributed by atoms with Gasteiger partial charge in [-0.15, -0.1) is 0 Å². The first-order valence-corrected chi connectivity index (χ1v) is 18.0. The molecule has 244 valence electrons. The van der Waals surface area contributed by atoms with E-state index in [0.717, 1.165) is 39.7 Å². The van der Waals surface area contributed by atoms with Crippen LogP contribution in [0.25, 0.3) is 49.8 Å². The Morgan fingerprint density at radius 3 is 1.81 bits per heavy atom. The van der Waals surface area contributed by atoms with E-state index in [1.165, 1.54) is 61.2 Å². The van der Waals surface area contributed by atoms with Crippen molar-refractivity contribution in [1.82, 2.24) is 0 Å². The number of allylic oxidation sites excluding steroid dienone is 5. The van der Waals surface area contributed by atoms with Crippen molar-refractivity contribution in [1.29, 1.82) is 0 Å². The lowest BCUT2D eigenvalue weighted by molar-refractivity contribution is 0.669. The Morgan fingerprint density at radius 1 is 0.481 bits per heavy atom. The third kappa shape index (κ3) is 4.12. The van der Waals surface area contributed by atoms with Crippen LogP contribution < -0.4 is 4.90 Å². The van der Waals surface area contributed by atoms with Crippen LogP contribution in [-0.4, -0.2) is 0 Å². The second-order valence-electron chi connectivity index (χ2n) is 14.1. The van der Waals surface area contributed by atoms with E-state index in [0.29, 0.717) is 0 Å². The number of benzene rings is 7. The van der Waals surface area contributed by atoms with Gasteiger partial charge in [-0.3, -0.25) is 0 Å². The zero-order chi connectivity index (χ0) is 34.2. The molecule has 0 saturated heterocycles. The van der Waals surface area contributed by atoms with Gasteiger partial charge >= 0.3 is 0 Å². The molecule has 3 aliphatic carbocycles. The Hall–Kier alpha value is -6.64. The Kier molecular flexibility index (Phi) is 6.26. The molecule has 0 saturated carbocycles. The van der Waals surface area contributed by atoms with Gasteiger partial charge in [-0.25, -0.2) is 0 Å². The minimum Gasteiger partial charge on any atom is -0.456 e. The first-order valence-electron chi connectivity index (χ1n) is 18.0. The molecular weight excluding hydrogens is 631 g/mol. The molecule has 0 fully saturated rings. The van der Waals surface area contributed by atoms with Crippen molar-refractivity contribution in [2.24, 2.45) is 0 Å². The predicted molar refractivity (Wildman–Crippen MR) is 215 cm³/mol. The third-order valence-electron chi connectivity index (χ3n) is 11.4. The molecule has 1 heterocycles. The van der Waals surface area contributed by atoms with Crippen LogP contribution in [0, 0.1) is 0 Å². The van der Waals surface area contributed by atoms with Gasteiger partial charge < -0.3 is 9.32 Å². The maximum atomic E-state index is 6.23. The van der Waals surface area contributed by atoms with Crippen LogP contribution in [0.5, 0.6) is 0 Å². The number of hydrogen-bond donors (Lipinski definition) is 0. The molecule has 0 bridgehead atoms. The number of para-hydroxylation sites is 1. The molecule has 1 spiro atoms. The fourth-order valence-electron chi connectivity index (χ4n) is 9.14. The summed E-state index contributed by atoms with van der Waals surface area (Å²) in [6, 6.07) is 61.5. The number of furan rings is 1. The van der Waals surface area contributed by atoms with Gasteiger partial charge in [0.05, 0.1) is 5.41 Å². The van der Waals surface area contributed by atoms with Gasteiger partial charge in [0, 0.05) is 28.3 Å². The second kappa shape index (κ2) is 11.2. The molecule has 7 aromatic carbocycles. The normalized spacial score (nSPS) is 15.7. The summed E-state index contributed by atoms with van der Waals surface area (Å²) in [5.74, 6) is 0. The number of nitrogens with zero attached hydrogens (tertiary/aromatic N) is 1. The van der Waals surface area contributed by atoms with E-state index < -0.39 is 0 Å². The van der Waals surface area contributed by atoms with E-state index in [1.54, 1.807) is 0 Å². The van der Waals surface area contributed by atoms with Gasteiger partial charge in [0.25, 0.3) is 0 Å². The standard InChI is InChI=1S/C50H33NO/c1-2-12-34(13-3-1)35-23-25-36(26-24-35)51(37-27-29-49-43(31-37)41-17-7-11-21-48(41)52-49)32-33-22-28-47-42(30-33)40-16-6-10-20-46(40)50(47)44-18-8-4-14-38(44)39-15-5-9-19-45(39)50/h1-29,31-32H,30H2/b33-32+. The van der Waals surface area contributed by atoms with Gasteiger partial charge in [0.2, 0.25) is 0 Å². The lowest BCUT2D eigenvalue weighted by Gasteiger charge is -2.32. The molecule has 52 heavy (non-hydrogen) atoms. The van der Waals surface area contributed by atoms with Crippen molar-refractivity contribution in [2.75, 3.05) is 4.90 Å². The highest BCUT2D eigenvalue weighted by molar-refractivity contribution is 6.06. The van der Waals surface area contributed by atoms with Crippen molar-refractivity contribution in [3.63, 3.8) is 0 Å². The van der Waals surface area contributed by atoms with E-state index in [2.05, 4.69) is 181 Å². The maximum absolute atomic E-state index is 6.23. The fourth-order valence-corrected chi connectivity index (χ4v) is 9.14. The molecule has 2 heteroatoms. The Bertz CT molecular complexity index is 2770. The summed E-state index contributed by atoms with van der Waals surface area (Å²) in [5.41, 5.74) is 18.3. The van der Waals surface area contributed by atoms with Gasteiger partial charge in [-0.2, -0.15) is 0 Å². The van der Waals surface area contributed by atoms with Crippen LogP contribution >= 0.6 is 0 Å². The maximum Gasteiger partial charge on any atom is 0.135 e. The van der Waals surface area contributed by atoms with Crippen molar-refractivity contribution in [3.8, 4) is 22.3 Å². The average molecular weight is 664 g/mol. The van der Waals surface area contributed by atoms with E-state index in [4.69, 9.17) is 4.42 Å². The average Bonchev–Trinajstić information content (AvgIpc) is 3.84.